The summed E-state index contributed by atoms with van der Waals surface area (Å²) in [6.45, 7) is 1.20. The Morgan fingerprint density at radius 1 is 1.03 bits per heavy atom. The Kier molecular flexibility index (Phi) is 6.12. The molecule has 2 aromatic carbocycles. The molecule has 2 saturated heterocycles. The molecule has 1 N–H and O–H groups in total. The molecule has 1 unspecified atom stereocenters. The average Bonchev–Trinajstić information content (AvgIpc) is 3.44. The summed E-state index contributed by atoms with van der Waals surface area (Å²) in [5.41, 5.74) is 4.55. The number of fused-ring (bicyclic) bond motifs is 3. The number of ether oxygens (including phenoxy) is 1. The molecule has 3 aliphatic heterocycles. The number of nitrogens with zero attached hydrogens (tertiary/aromatic N) is 3. The maximum atomic E-state index is 13.7. The predicted octanol–water partition coefficient (Wildman–Crippen LogP) is 6.22. The van der Waals surface area contributed by atoms with Crippen molar-refractivity contribution in [1.82, 2.24) is 15.0 Å². The summed E-state index contributed by atoms with van der Waals surface area (Å²) in [6, 6.07) is 13.2. The van der Waals surface area contributed by atoms with Gasteiger partial charge in [0.15, 0.2) is 0 Å². The molecule has 2 bridgehead atoms. The Morgan fingerprint density at radius 3 is 2.51 bits per heavy atom. The molecule has 9 heteroatoms. The first kappa shape index (κ1) is 24.7. The molecule has 4 heterocycles. The largest absolute Gasteiger partial charge is 0.478 e. The lowest BCUT2D eigenvalue weighted by Crippen LogP contribution is -2.52. The minimum atomic E-state index is -0.950. The topological polar surface area (TPSA) is 96.1 Å². The van der Waals surface area contributed by atoms with Gasteiger partial charge in [-0.1, -0.05) is 47.1 Å². The zero-order valence-corrected chi connectivity index (χ0v) is 22.3. The first-order chi connectivity index (χ1) is 19.0. The smallest absolute Gasteiger partial charge is 0.336 e. The Balaban J connectivity index is 1.04. The quantitative estimate of drug-likeness (QED) is 0.393. The Labute approximate surface area is 231 Å². The van der Waals surface area contributed by atoms with Gasteiger partial charge in [-0.3, -0.25) is 0 Å². The van der Waals surface area contributed by atoms with E-state index in [1.54, 1.807) is 17.0 Å². The molecule has 202 valence electrons. The van der Waals surface area contributed by atoms with Gasteiger partial charge in [0.05, 0.1) is 23.3 Å². The third kappa shape index (κ3) is 4.39. The number of piperidine rings is 1. The lowest BCUT2D eigenvalue weighted by Gasteiger charge is -2.40. The van der Waals surface area contributed by atoms with Crippen molar-refractivity contribution in [3.8, 4) is 11.3 Å². The van der Waals surface area contributed by atoms with Crippen molar-refractivity contribution < 1.29 is 24.0 Å². The lowest BCUT2D eigenvalue weighted by atomic mass is 9.99. The van der Waals surface area contributed by atoms with E-state index in [1.165, 1.54) is 0 Å². The number of carboxylic acid groups (broad SMARTS) is 1. The highest BCUT2D eigenvalue weighted by molar-refractivity contribution is 6.33. The third-order valence-corrected chi connectivity index (χ3v) is 9.08. The van der Waals surface area contributed by atoms with Crippen LogP contribution in [-0.2, 0) is 24.4 Å². The van der Waals surface area contributed by atoms with Crippen LogP contribution in [-0.4, -0.2) is 50.3 Å². The standard InChI is InChI=1S/C30H30ClN3O5/c31-26-7-2-1-5-23(26)27-25(28(39-32-27)17-8-9-17)16-38-21-12-19-10-11-20(13-21)34(19)30(37)33-14-18-4-3-6-22(29(35)36)24(18)15-33/h1-7,17,19-21H,8-16H2,(H,35,36)/t19-,20+,21?. The molecular weight excluding hydrogens is 518 g/mol. The maximum Gasteiger partial charge on any atom is 0.336 e. The summed E-state index contributed by atoms with van der Waals surface area (Å²) in [4.78, 5) is 29.2. The van der Waals surface area contributed by atoms with E-state index in [1.807, 2.05) is 35.2 Å². The average molecular weight is 548 g/mol. The SMILES string of the molecule is O=C(O)c1cccc2c1CN(C(=O)N1[C@@H]3CC[C@H]1CC(OCc1c(-c4ccccc4Cl)noc1C1CC1)C3)C2. The van der Waals surface area contributed by atoms with E-state index < -0.39 is 5.97 Å². The molecule has 2 amide bonds. The number of carboxylic acids is 1. The zero-order chi connectivity index (χ0) is 26.7. The number of hydrogen-bond donors (Lipinski definition) is 1. The molecule has 7 rings (SSSR count). The van der Waals surface area contributed by atoms with E-state index in [0.29, 0.717) is 30.6 Å². The van der Waals surface area contributed by atoms with Crippen LogP contribution in [0.1, 0.15) is 77.3 Å². The number of amides is 2. The highest BCUT2D eigenvalue weighted by atomic mass is 35.5. The van der Waals surface area contributed by atoms with Crippen LogP contribution in [0.3, 0.4) is 0 Å². The van der Waals surface area contributed by atoms with E-state index in [4.69, 9.17) is 20.9 Å². The fourth-order valence-corrected chi connectivity index (χ4v) is 6.92. The molecule has 0 radical (unpaired) electrons. The number of aromatic carboxylic acids is 1. The van der Waals surface area contributed by atoms with E-state index in [2.05, 4.69) is 5.16 Å². The van der Waals surface area contributed by atoms with Crippen molar-refractivity contribution in [2.24, 2.45) is 0 Å². The molecule has 39 heavy (non-hydrogen) atoms. The minimum absolute atomic E-state index is 0.00421. The maximum absolute atomic E-state index is 13.7. The van der Waals surface area contributed by atoms with Gasteiger partial charge in [-0.15, -0.1) is 0 Å². The normalized spacial score (nSPS) is 23.8. The molecule has 4 aliphatic rings. The van der Waals surface area contributed by atoms with Gasteiger partial charge in [0.1, 0.15) is 11.5 Å². The van der Waals surface area contributed by atoms with E-state index in [9.17, 15) is 14.7 Å². The summed E-state index contributed by atoms with van der Waals surface area (Å²) < 4.78 is 12.3. The number of rotatable bonds is 6. The molecule has 1 aromatic heterocycles. The fraction of sp³-hybridized carbons (Fsp3) is 0.433. The first-order valence-electron chi connectivity index (χ1n) is 13.7. The van der Waals surface area contributed by atoms with Crippen molar-refractivity contribution in [3.63, 3.8) is 0 Å². The monoisotopic (exact) mass is 547 g/mol. The minimum Gasteiger partial charge on any atom is -0.478 e. The van der Waals surface area contributed by atoms with Crippen LogP contribution in [0, 0.1) is 0 Å². The van der Waals surface area contributed by atoms with Gasteiger partial charge >= 0.3 is 12.0 Å². The second-order valence-corrected chi connectivity index (χ2v) is 11.6. The van der Waals surface area contributed by atoms with Gasteiger partial charge in [0, 0.05) is 42.2 Å². The van der Waals surface area contributed by atoms with Crippen LogP contribution in [0.5, 0.6) is 0 Å². The van der Waals surface area contributed by atoms with Crippen molar-refractivity contribution >= 4 is 23.6 Å². The van der Waals surface area contributed by atoms with Crippen molar-refractivity contribution in [3.05, 3.63) is 75.5 Å². The Hall–Kier alpha value is -3.36. The second-order valence-electron chi connectivity index (χ2n) is 11.2. The summed E-state index contributed by atoms with van der Waals surface area (Å²) in [6.07, 6.45) is 5.74. The van der Waals surface area contributed by atoms with Gasteiger partial charge in [-0.05, 0) is 61.8 Å². The number of carbonyl (C=O) groups is 2. The lowest BCUT2D eigenvalue weighted by molar-refractivity contribution is -0.0210. The summed E-state index contributed by atoms with van der Waals surface area (Å²) in [5, 5.41) is 14.6. The van der Waals surface area contributed by atoms with Gasteiger partial charge in [0.2, 0.25) is 0 Å². The predicted molar refractivity (Wildman–Crippen MR) is 143 cm³/mol. The number of hydrogen-bond acceptors (Lipinski definition) is 5. The molecule has 1 saturated carbocycles. The van der Waals surface area contributed by atoms with E-state index in [-0.39, 0.29) is 29.8 Å². The first-order valence-corrected chi connectivity index (χ1v) is 14.1. The second kappa shape index (κ2) is 9.68. The molecule has 3 aromatic rings. The summed E-state index contributed by atoms with van der Waals surface area (Å²) >= 11 is 6.49. The molecule has 8 nitrogen and oxygen atoms in total. The van der Waals surface area contributed by atoms with Crippen molar-refractivity contribution in [2.75, 3.05) is 0 Å². The van der Waals surface area contributed by atoms with Crippen molar-refractivity contribution in [1.29, 1.82) is 0 Å². The van der Waals surface area contributed by atoms with Crippen LogP contribution in [0.15, 0.2) is 47.0 Å². The number of carbonyl (C=O) groups excluding carboxylic acids is 1. The molecule has 1 aliphatic carbocycles. The number of urea groups is 1. The van der Waals surface area contributed by atoms with Crippen LogP contribution >= 0.6 is 11.6 Å². The van der Waals surface area contributed by atoms with Gasteiger partial charge < -0.3 is 24.2 Å². The van der Waals surface area contributed by atoms with Gasteiger partial charge in [0.25, 0.3) is 0 Å². The van der Waals surface area contributed by atoms with Gasteiger partial charge in [-0.2, -0.15) is 0 Å². The zero-order valence-electron chi connectivity index (χ0n) is 21.5. The summed E-state index contributed by atoms with van der Waals surface area (Å²) in [7, 11) is 0. The summed E-state index contributed by atoms with van der Waals surface area (Å²) in [5.74, 6) is 0.360. The van der Waals surface area contributed by atoms with Gasteiger partial charge in [-0.25, -0.2) is 9.59 Å². The molecular formula is C30H30ClN3O5. The van der Waals surface area contributed by atoms with Crippen LogP contribution in [0.25, 0.3) is 11.3 Å². The van der Waals surface area contributed by atoms with E-state index in [0.717, 1.165) is 72.2 Å². The van der Waals surface area contributed by atoms with Crippen LogP contribution in [0.4, 0.5) is 4.79 Å². The van der Waals surface area contributed by atoms with Crippen molar-refractivity contribution in [2.45, 2.75) is 82.3 Å². The number of halogens is 1. The van der Waals surface area contributed by atoms with Crippen LogP contribution < -0.4 is 0 Å². The number of aromatic nitrogens is 1. The highest BCUT2D eigenvalue weighted by Gasteiger charge is 2.46. The Morgan fingerprint density at radius 2 is 1.79 bits per heavy atom. The number of benzene rings is 2. The fourth-order valence-electron chi connectivity index (χ4n) is 6.69. The highest BCUT2D eigenvalue weighted by Crippen LogP contribution is 2.46. The molecule has 3 fully saturated rings. The van der Waals surface area contributed by atoms with E-state index >= 15 is 0 Å². The Bertz CT molecular complexity index is 1440. The van der Waals surface area contributed by atoms with Crippen LogP contribution in [0.2, 0.25) is 5.02 Å². The molecule has 3 atom stereocenters. The molecule has 0 spiro atoms. The third-order valence-electron chi connectivity index (χ3n) is 8.75.